The third-order valence-corrected chi connectivity index (χ3v) is 11.8. The molecule has 0 amide bonds. The Kier molecular flexibility index (Phi) is 55.0. The smallest absolute Gasteiger partial charge is 0.339 e. The third-order valence-electron chi connectivity index (χ3n) is 9.87. The van der Waals surface area contributed by atoms with Crippen LogP contribution in [0, 0.1) is 5.41 Å². The Hall–Kier alpha value is -0.0300. The maximum absolute atomic E-state index is 9.26. The number of carbonyl (C=O) groups is 1. The first-order valence-corrected chi connectivity index (χ1v) is 25.0. The van der Waals surface area contributed by atoms with Crippen molar-refractivity contribution in [3.05, 3.63) is 0 Å². The molecule has 0 unspecified atom stereocenters. The van der Waals surface area contributed by atoms with E-state index < -0.39 is 55.0 Å². The van der Waals surface area contributed by atoms with Crippen LogP contribution in [-0.2, 0) is 18.2 Å². The van der Waals surface area contributed by atoms with Gasteiger partial charge in [-0.1, -0.05) is 206 Å². The summed E-state index contributed by atoms with van der Waals surface area (Å²) < 4.78 is 16.5. The number of hydrogen-bond donors (Lipinski definition) is 7. The summed E-state index contributed by atoms with van der Waals surface area (Å²) in [6, 6.07) is 0. The molecular weight excluding hydrogens is 754 g/mol. The number of unbranched alkanes of at least 4 members (excludes halogenated alkanes) is 30. The van der Waals surface area contributed by atoms with Gasteiger partial charge in [0.2, 0.25) is 0 Å². The summed E-state index contributed by atoms with van der Waals surface area (Å²) in [5.41, 5.74) is -1.11. The molecule has 0 rings (SSSR count). The summed E-state index contributed by atoms with van der Waals surface area (Å²) in [7, 11) is -4.11. The van der Waals surface area contributed by atoms with Crippen LogP contribution in [0.5, 0.6) is 0 Å². The molecule has 0 aliphatic heterocycles. The van der Waals surface area contributed by atoms with Crippen molar-refractivity contribution in [2.45, 2.75) is 226 Å². The van der Waals surface area contributed by atoms with Gasteiger partial charge in [-0.3, -0.25) is 4.79 Å². The van der Waals surface area contributed by atoms with E-state index >= 15 is 0 Å². The molecule has 0 aliphatic carbocycles. The predicted molar refractivity (Wildman–Crippen MR) is 234 cm³/mol. The predicted octanol–water partition coefficient (Wildman–Crippen LogP) is 12.0. The van der Waals surface area contributed by atoms with E-state index in [0.717, 1.165) is 32.6 Å². The highest BCUT2D eigenvalue weighted by molar-refractivity contribution is 7.54. The lowest BCUT2D eigenvalue weighted by Gasteiger charge is -2.23. The number of aliphatic hydroxyl groups excluding tert-OH is 4. The molecule has 0 saturated carbocycles. The van der Waals surface area contributed by atoms with E-state index in [1.807, 2.05) is 0 Å². The fraction of sp³-hybridized carbons (Fsp3) is 0.977. The van der Waals surface area contributed by atoms with Crippen LogP contribution in [0.4, 0.5) is 0 Å². The minimum Gasteiger partial charge on any atom is -0.481 e. The van der Waals surface area contributed by atoms with Gasteiger partial charge in [0.15, 0.2) is 0 Å². The monoisotopic (exact) mass is 847 g/mol. The number of aliphatic hydroxyl groups is 4. The molecule has 11 nitrogen and oxygen atoms in total. The second-order valence-corrected chi connectivity index (χ2v) is 17.6. The van der Waals surface area contributed by atoms with E-state index in [0.29, 0.717) is 13.2 Å². The van der Waals surface area contributed by atoms with Gasteiger partial charge in [-0.05, 0) is 12.8 Å². The SMILES string of the molecule is CC(=O)O.CCCCCCCCCCCCCCCCCCOP(OCCCCCCCCCCCCCCCCCC)OP(O)O.OCC(CO)(CO)CO. The lowest BCUT2D eigenvalue weighted by molar-refractivity contribution is -0.134. The number of rotatable bonds is 42. The largest absolute Gasteiger partial charge is 0.481 e. The maximum atomic E-state index is 9.26. The quantitative estimate of drug-likeness (QED) is 0.0229. The van der Waals surface area contributed by atoms with Crippen molar-refractivity contribution in [3.63, 3.8) is 0 Å². The van der Waals surface area contributed by atoms with Gasteiger partial charge < -0.3 is 44.4 Å². The van der Waals surface area contributed by atoms with Gasteiger partial charge in [-0.2, -0.15) is 0 Å². The topological polar surface area (TPSA) is 186 Å². The Labute approximate surface area is 347 Å². The lowest BCUT2D eigenvalue weighted by atomic mass is 9.93. The number of carboxylic acids is 1. The van der Waals surface area contributed by atoms with Crippen LogP contribution in [0.1, 0.15) is 226 Å². The second-order valence-electron chi connectivity index (χ2n) is 15.5. The molecule has 0 aromatic heterocycles. The Morgan fingerprint density at radius 3 is 0.786 bits per heavy atom. The summed E-state index contributed by atoms with van der Waals surface area (Å²) in [4.78, 5) is 27.5. The number of hydrogen-bond acceptors (Lipinski definition) is 10. The molecule has 0 bridgehead atoms. The van der Waals surface area contributed by atoms with E-state index in [9.17, 15) is 9.79 Å². The Bertz CT molecular complexity index is 674. The van der Waals surface area contributed by atoms with Crippen molar-refractivity contribution in [2.75, 3.05) is 39.6 Å². The molecular formula is C43H92O11P2. The van der Waals surface area contributed by atoms with Crippen molar-refractivity contribution < 1.29 is 53.5 Å². The molecule has 0 aromatic rings. The molecule has 0 atom stereocenters. The van der Waals surface area contributed by atoms with Gasteiger partial charge in [0.05, 0.1) is 45.1 Å². The van der Waals surface area contributed by atoms with Crippen LogP contribution < -0.4 is 0 Å². The summed E-state index contributed by atoms with van der Waals surface area (Å²) in [6.45, 7) is 5.15. The molecule has 13 heteroatoms. The van der Waals surface area contributed by atoms with Crippen LogP contribution in [0.25, 0.3) is 0 Å². The van der Waals surface area contributed by atoms with Crippen LogP contribution in [0.2, 0.25) is 0 Å². The van der Waals surface area contributed by atoms with E-state index in [1.165, 1.54) is 180 Å². The first-order valence-electron chi connectivity index (χ1n) is 22.7. The molecule has 0 spiro atoms. The second kappa shape index (κ2) is 51.1. The van der Waals surface area contributed by atoms with E-state index in [-0.39, 0.29) is 0 Å². The molecule has 0 radical (unpaired) electrons. The highest BCUT2D eigenvalue weighted by atomic mass is 31.2. The standard InChI is InChI=1S/C36H76O5P2.C5H12O4.C2H4O2/c1-3-5-7-9-11-13-15-17-19-21-23-25-27-29-31-33-35-39-43(41-42(37)38)40-36-34-32-30-28-26-24-22-20-18-16-14-12-10-8-6-4-2;6-1-5(2-7,3-8)4-9;1-2(3)4/h37-38H,3-36H2,1-2H3;6-9H,1-4H2;1H3,(H,3,4). The van der Waals surface area contributed by atoms with E-state index in [1.54, 1.807) is 0 Å². The van der Waals surface area contributed by atoms with Crippen LogP contribution in [0.3, 0.4) is 0 Å². The lowest BCUT2D eigenvalue weighted by Crippen LogP contribution is -2.37. The Balaban J connectivity index is -0.00000183. The molecule has 0 heterocycles. The zero-order valence-electron chi connectivity index (χ0n) is 36.5. The van der Waals surface area contributed by atoms with Crippen LogP contribution in [0.15, 0.2) is 0 Å². The van der Waals surface area contributed by atoms with Crippen molar-refractivity contribution in [2.24, 2.45) is 5.41 Å². The van der Waals surface area contributed by atoms with Crippen molar-refractivity contribution in [3.8, 4) is 0 Å². The molecule has 7 N–H and O–H groups in total. The highest BCUT2D eigenvalue weighted by Gasteiger charge is 2.26. The zero-order chi connectivity index (χ0) is 42.2. The fourth-order valence-corrected chi connectivity index (χ4v) is 7.51. The third kappa shape index (κ3) is 52.0. The van der Waals surface area contributed by atoms with Crippen molar-refractivity contribution in [1.82, 2.24) is 0 Å². The summed E-state index contributed by atoms with van der Waals surface area (Å²) in [6.07, 6.45) is 43.0. The zero-order valence-corrected chi connectivity index (χ0v) is 38.3. The molecule has 0 saturated heterocycles. The van der Waals surface area contributed by atoms with E-state index in [2.05, 4.69) is 13.8 Å². The van der Waals surface area contributed by atoms with Gasteiger partial charge in [-0.15, -0.1) is 0 Å². The minimum absolute atomic E-state index is 0.406. The first-order chi connectivity index (χ1) is 27.2. The van der Waals surface area contributed by atoms with Gasteiger partial charge in [0, 0.05) is 6.92 Å². The summed E-state index contributed by atoms with van der Waals surface area (Å²) >= 11 is 0. The van der Waals surface area contributed by atoms with Crippen molar-refractivity contribution in [1.29, 1.82) is 0 Å². The normalized spacial score (nSPS) is 11.5. The number of carboxylic acid groups (broad SMARTS) is 1. The van der Waals surface area contributed by atoms with Gasteiger partial charge in [-0.25, -0.2) is 4.31 Å². The molecule has 0 aliphatic rings. The number of aliphatic carboxylic acids is 1. The van der Waals surface area contributed by atoms with Gasteiger partial charge >= 0.3 is 17.2 Å². The Morgan fingerprint density at radius 2 is 0.625 bits per heavy atom. The molecule has 0 fully saturated rings. The first kappa shape index (κ1) is 60.3. The maximum Gasteiger partial charge on any atom is 0.339 e. The van der Waals surface area contributed by atoms with Crippen LogP contribution >= 0.6 is 17.2 Å². The fourth-order valence-electron chi connectivity index (χ4n) is 6.02. The van der Waals surface area contributed by atoms with Crippen LogP contribution in [-0.4, -0.2) is 80.9 Å². The van der Waals surface area contributed by atoms with Crippen molar-refractivity contribution >= 4 is 23.2 Å². The molecule has 340 valence electrons. The average Bonchev–Trinajstić information content (AvgIpc) is 3.18. The molecule has 0 aromatic carbocycles. The Morgan fingerprint density at radius 1 is 0.429 bits per heavy atom. The minimum atomic E-state index is -2.45. The highest BCUT2D eigenvalue weighted by Crippen LogP contribution is 2.50. The summed E-state index contributed by atoms with van der Waals surface area (Å²) in [5.74, 6) is -0.833. The van der Waals surface area contributed by atoms with Gasteiger partial charge in [0.1, 0.15) is 0 Å². The molecule has 56 heavy (non-hydrogen) atoms. The van der Waals surface area contributed by atoms with E-state index in [4.69, 9.17) is 43.7 Å². The summed E-state index contributed by atoms with van der Waals surface area (Å²) in [5, 5.41) is 41.4. The van der Waals surface area contributed by atoms with Gasteiger partial charge in [0.25, 0.3) is 5.97 Å². The average molecular weight is 847 g/mol.